The third-order valence-electron chi connectivity index (χ3n) is 3.95. The van der Waals surface area contributed by atoms with Crippen LogP contribution in [-0.4, -0.2) is 61.2 Å². The minimum Gasteiger partial charge on any atom is -0.314 e. The van der Waals surface area contributed by atoms with Crippen LogP contribution in [0.4, 0.5) is 0 Å². The number of likely N-dealkylation sites (N-methyl/N-ethyl adjacent to an activating group) is 1. The summed E-state index contributed by atoms with van der Waals surface area (Å²) < 4.78 is 0. The number of nitrogens with one attached hydrogen (secondary N) is 1. The second kappa shape index (κ2) is 4.81. The Labute approximate surface area is 93.8 Å². The van der Waals surface area contributed by atoms with Crippen molar-refractivity contribution < 1.29 is 0 Å². The molecule has 2 saturated heterocycles. The predicted molar refractivity (Wildman–Crippen MR) is 64.2 cm³/mol. The number of nitrogens with zero attached hydrogens (tertiary/aromatic N) is 2. The topological polar surface area (TPSA) is 18.5 Å². The summed E-state index contributed by atoms with van der Waals surface area (Å²) in [6.45, 7) is 9.62. The van der Waals surface area contributed by atoms with Crippen molar-refractivity contribution >= 4 is 0 Å². The van der Waals surface area contributed by atoms with Crippen molar-refractivity contribution in [3.63, 3.8) is 0 Å². The Morgan fingerprint density at radius 1 is 1.20 bits per heavy atom. The summed E-state index contributed by atoms with van der Waals surface area (Å²) in [6, 6.07) is 2.26. The number of piperidine rings is 1. The first-order valence-electron chi connectivity index (χ1n) is 6.34. The minimum atomic E-state index is 0.704. The molecular weight excluding hydrogens is 186 g/mol. The van der Waals surface area contributed by atoms with E-state index in [2.05, 4.69) is 36.0 Å². The fourth-order valence-electron chi connectivity index (χ4n) is 3.10. The van der Waals surface area contributed by atoms with E-state index in [-0.39, 0.29) is 0 Å². The van der Waals surface area contributed by atoms with E-state index >= 15 is 0 Å². The van der Waals surface area contributed by atoms with Gasteiger partial charge >= 0.3 is 0 Å². The van der Waals surface area contributed by atoms with Crippen molar-refractivity contribution in [1.82, 2.24) is 15.1 Å². The molecule has 0 aromatic rings. The van der Waals surface area contributed by atoms with Gasteiger partial charge in [0, 0.05) is 37.8 Å². The van der Waals surface area contributed by atoms with Crippen LogP contribution in [-0.2, 0) is 0 Å². The van der Waals surface area contributed by atoms with Crippen molar-refractivity contribution in [2.24, 2.45) is 0 Å². The lowest BCUT2D eigenvalue weighted by Gasteiger charge is -2.45. The second-order valence-corrected chi connectivity index (χ2v) is 5.38. The quantitative estimate of drug-likeness (QED) is 0.691. The van der Waals surface area contributed by atoms with Crippen LogP contribution in [0.2, 0.25) is 0 Å². The monoisotopic (exact) mass is 211 g/mol. The normalized spacial score (nSPS) is 40.6. The average molecular weight is 211 g/mol. The van der Waals surface area contributed by atoms with Crippen molar-refractivity contribution in [2.75, 3.05) is 33.2 Å². The minimum absolute atomic E-state index is 0.704. The predicted octanol–water partition coefficient (Wildman–Crippen LogP) is 0.763. The van der Waals surface area contributed by atoms with E-state index in [1.165, 1.54) is 39.0 Å². The fourth-order valence-corrected chi connectivity index (χ4v) is 3.10. The van der Waals surface area contributed by atoms with Crippen LogP contribution in [0, 0.1) is 0 Å². The summed E-state index contributed by atoms with van der Waals surface area (Å²) in [5.74, 6) is 0. The van der Waals surface area contributed by atoms with Crippen molar-refractivity contribution in [2.45, 2.75) is 44.8 Å². The zero-order valence-electron chi connectivity index (χ0n) is 10.4. The van der Waals surface area contributed by atoms with E-state index < -0.39 is 0 Å². The molecule has 15 heavy (non-hydrogen) atoms. The molecular formula is C12H25N3. The van der Waals surface area contributed by atoms with Gasteiger partial charge in [0.1, 0.15) is 0 Å². The van der Waals surface area contributed by atoms with Crippen LogP contribution in [0.1, 0.15) is 26.7 Å². The molecule has 3 heteroatoms. The van der Waals surface area contributed by atoms with Gasteiger partial charge in [0.2, 0.25) is 0 Å². The number of hydrogen-bond acceptors (Lipinski definition) is 3. The molecule has 0 amide bonds. The standard InChI is InChI=1S/C12H25N3/c1-10-8-12(4-5-13-10)15-7-6-14(3)9-11(15)2/h10-13H,4-9H2,1-3H3. The number of rotatable bonds is 1. The average Bonchev–Trinajstić information content (AvgIpc) is 2.17. The van der Waals surface area contributed by atoms with Crippen LogP contribution < -0.4 is 5.32 Å². The van der Waals surface area contributed by atoms with E-state index in [0.717, 1.165) is 12.1 Å². The summed E-state index contributed by atoms with van der Waals surface area (Å²) in [7, 11) is 2.24. The van der Waals surface area contributed by atoms with Gasteiger partial charge < -0.3 is 10.2 Å². The van der Waals surface area contributed by atoms with Gasteiger partial charge in [0.15, 0.2) is 0 Å². The van der Waals surface area contributed by atoms with Gasteiger partial charge in [-0.25, -0.2) is 0 Å². The maximum Gasteiger partial charge on any atom is 0.0198 e. The Hall–Kier alpha value is -0.120. The first kappa shape index (κ1) is 11.4. The van der Waals surface area contributed by atoms with E-state index in [0.29, 0.717) is 6.04 Å². The van der Waals surface area contributed by atoms with Gasteiger partial charge in [-0.2, -0.15) is 0 Å². The zero-order chi connectivity index (χ0) is 10.8. The molecule has 2 fully saturated rings. The molecule has 0 aliphatic carbocycles. The Bertz CT molecular complexity index is 207. The smallest absolute Gasteiger partial charge is 0.0198 e. The van der Waals surface area contributed by atoms with Crippen LogP contribution in [0.25, 0.3) is 0 Å². The Morgan fingerprint density at radius 2 is 2.00 bits per heavy atom. The van der Waals surface area contributed by atoms with Crippen molar-refractivity contribution in [3.8, 4) is 0 Å². The van der Waals surface area contributed by atoms with Crippen LogP contribution in [0.15, 0.2) is 0 Å². The van der Waals surface area contributed by atoms with Crippen LogP contribution in [0.3, 0.4) is 0 Å². The largest absolute Gasteiger partial charge is 0.314 e. The number of hydrogen-bond donors (Lipinski definition) is 1. The van der Waals surface area contributed by atoms with E-state index in [1.54, 1.807) is 0 Å². The lowest BCUT2D eigenvalue weighted by molar-refractivity contribution is 0.0427. The van der Waals surface area contributed by atoms with Gasteiger partial charge in [0.05, 0.1) is 0 Å². The first-order chi connectivity index (χ1) is 7.16. The molecule has 88 valence electrons. The summed E-state index contributed by atoms with van der Waals surface area (Å²) in [6.07, 6.45) is 2.66. The molecule has 3 nitrogen and oxygen atoms in total. The van der Waals surface area contributed by atoms with E-state index in [1.807, 2.05) is 0 Å². The molecule has 2 heterocycles. The zero-order valence-corrected chi connectivity index (χ0v) is 10.4. The third-order valence-corrected chi connectivity index (χ3v) is 3.95. The van der Waals surface area contributed by atoms with Crippen molar-refractivity contribution in [3.05, 3.63) is 0 Å². The Morgan fingerprint density at radius 3 is 2.67 bits per heavy atom. The summed E-state index contributed by atoms with van der Waals surface area (Å²) >= 11 is 0. The Balaban J connectivity index is 1.91. The molecule has 1 N–H and O–H groups in total. The second-order valence-electron chi connectivity index (χ2n) is 5.38. The van der Waals surface area contributed by atoms with E-state index in [9.17, 15) is 0 Å². The lowest BCUT2D eigenvalue weighted by atomic mass is 9.96. The molecule has 0 aromatic carbocycles. The molecule has 0 radical (unpaired) electrons. The van der Waals surface area contributed by atoms with Gasteiger partial charge in [-0.05, 0) is 40.3 Å². The fraction of sp³-hybridized carbons (Fsp3) is 1.00. The molecule has 2 aliphatic rings. The molecule has 0 bridgehead atoms. The summed E-state index contributed by atoms with van der Waals surface area (Å²) in [5.41, 5.74) is 0. The number of piperazine rings is 1. The van der Waals surface area contributed by atoms with Crippen LogP contribution in [0.5, 0.6) is 0 Å². The summed E-state index contributed by atoms with van der Waals surface area (Å²) in [4.78, 5) is 5.18. The van der Waals surface area contributed by atoms with Gasteiger partial charge in [-0.15, -0.1) is 0 Å². The molecule has 0 aromatic heterocycles. The highest BCUT2D eigenvalue weighted by Crippen LogP contribution is 2.20. The van der Waals surface area contributed by atoms with Gasteiger partial charge in [0.25, 0.3) is 0 Å². The highest BCUT2D eigenvalue weighted by molar-refractivity contribution is 4.88. The van der Waals surface area contributed by atoms with Gasteiger partial charge in [-0.3, -0.25) is 4.90 Å². The van der Waals surface area contributed by atoms with Gasteiger partial charge in [-0.1, -0.05) is 0 Å². The SMILES string of the molecule is CC1CC(N2CCN(C)CC2C)CCN1. The molecule has 0 spiro atoms. The lowest BCUT2D eigenvalue weighted by Crippen LogP contribution is -2.57. The molecule has 3 atom stereocenters. The van der Waals surface area contributed by atoms with Crippen LogP contribution >= 0.6 is 0 Å². The highest BCUT2D eigenvalue weighted by atomic mass is 15.3. The molecule has 2 rings (SSSR count). The molecule has 0 saturated carbocycles. The Kier molecular flexibility index (Phi) is 3.65. The van der Waals surface area contributed by atoms with E-state index in [4.69, 9.17) is 0 Å². The molecule has 3 unspecified atom stereocenters. The summed E-state index contributed by atoms with van der Waals surface area (Å²) in [5, 5.41) is 3.54. The third kappa shape index (κ3) is 2.71. The maximum atomic E-state index is 3.54. The molecule has 2 aliphatic heterocycles. The van der Waals surface area contributed by atoms with Crippen molar-refractivity contribution in [1.29, 1.82) is 0 Å². The maximum absolute atomic E-state index is 3.54. The highest BCUT2D eigenvalue weighted by Gasteiger charge is 2.30. The first-order valence-corrected chi connectivity index (χ1v) is 6.34.